The van der Waals surface area contributed by atoms with Crippen molar-refractivity contribution in [2.24, 2.45) is 5.92 Å². The summed E-state index contributed by atoms with van der Waals surface area (Å²) >= 11 is 0. The molecule has 0 amide bonds. The van der Waals surface area contributed by atoms with Crippen molar-refractivity contribution in [2.75, 3.05) is 0 Å². The predicted molar refractivity (Wildman–Crippen MR) is 64.0 cm³/mol. The molecule has 0 aromatic carbocycles. The first-order chi connectivity index (χ1) is 7.02. The van der Waals surface area contributed by atoms with Crippen LogP contribution in [0.5, 0.6) is 0 Å². The third-order valence-electron chi connectivity index (χ3n) is 2.70. The summed E-state index contributed by atoms with van der Waals surface area (Å²) in [5, 5.41) is 4.33. The molecule has 0 bridgehead atoms. The monoisotopic (exact) mass is 207 g/mol. The maximum absolute atomic E-state index is 4.33. The van der Waals surface area contributed by atoms with Crippen molar-refractivity contribution in [1.82, 2.24) is 9.78 Å². The van der Waals surface area contributed by atoms with Gasteiger partial charge in [-0.25, -0.2) is 0 Å². The SMILES string of the molecule is Cc1[c]nn(CCCC(C)C)c1C(C)C. The molecular formula is C13H23N2. The molecule has 0 fully saturated rings. The molecule has 0 saturated carbocycles. The maximum Gasteiger partial charge on any atom is 0.116 e. The topological polar surface area (TPSA) is 17.8 Å². The zero-order valence-electron chi connectivity index (χ0n) is 10.7. The summed E-state index contributed by atoms with van der Waals surface area (Å²) in [7, 11) is 0. The maximum atomic E-state index is 4.33. The Kier molecular flexibility index (Phi) is 4.37. The average molecular weight is 207 g/mol. The molecule has 2 heteroatoms. The number of hydrogen-bond donors (Lipinski definition) is 0. The van der Waals surface area contributed by atoms with Gasteiger partial charge in [-0.2, -0.15) is 5.10 Å². The first-order valence-electron chi connectivity index (χ1n) is 5.97. The van der Waals surface area contributed by atoms with Crippen LogP contribution in [0.25, 0.3) is 0 Å². The smallest absolute Gasteiger partial charge is 0.116 e. The predicted octanol–water partition coefficient (Wildman–Crippen LogP) is 3.55. The molecule has 1 radical (unpaired) electrons. The van der Waals surface area contributed by atoms with Gasteiger partial charge in [0.1, 0.15) is 6.20 Å². The van der Waals surface area contributed by atoms with Crippen LogP contribution in [0.15, 0.2) is 0 Å². The third-order valence-corrected chi connectivity index (χ3v) is 2.70. The van der Waals surface area contributed by atoms with Crippen LogP contribution in [0, 0.1) is 19.0 Å². The molecule has 85 valence electrons. The molecule has 0 saturated heterocycles. The fourth-order valence-corrected chi connectivity index (χ4v) is 1.99. The van der Waals surface area contributed by atoms with Crippen LogP contribution in [0.4, 0.5) is 0 Å². The van der Waals surface area contributed by atoms with Gasteiger partial charge in [-0.05, 0) is 31.6 Å². The molecular weight excluding hydrogens is 184 g/mol. The second-order valence-corrected chi connectivity index (χ2v) is 5.04. The van der Waals surface area contributed by atoms with E-state index in [1.807, 2.05) is 0 Å². The summed E-state index contributed by atoms with van der Waals surface area (Å²) in [6.07, 6.45) is 5.56. The zero-order chi connectivity index (χ0) is 11.4. The Balaban J connectivity index is 2.61. The Labute approximate surface area is 93.7 Å². The summed E-state index contributed by atoms with van der Waals surface area (Å²) in [4.78, 5) is 0. The highest BCUT2D eigenvalue weighted by Crippen LogP contribution is 2.18. The van der Waals surface area contributed by atoms with Crippen LogP contribution in [0.3, 0.4) is 0 Å². The summed E-state index contributed by atoms with van der Waals surface area (Å²) in [5.41, 5.74) is 2.55. The zero-order valence-corrected chi connectivity index (χ0v) is 10.7. The van der Waals surface area contributed by atoms with E-state index < -0.39 is 0 Å². The molecule has 0 N–H and O–H groups in total. The standard InChI is InChI=1S/C13H23N2/c1-10(2)7-6-8-15-13(11(3)4)12(5)9-14-15/h10-11H,6-8H2,1-5H3. The minimum absolute atomic E-state index is 0.544. The van der Waals surface area contributed by atoms with Gasteiger partial charge < -0.3 is 0 Å². The molecule has 2 nitrogen and oxygen atoms in total. The highest BCUT2D eigenvalue weighted by Gasteiger charge is 2.11. The normalized spacial score (nSPS) is 11.7. The molecule has 0 aliphatic carbocycles. The van der Waals surface area contributed by atoms with E-state index in [1.165, 1.54) is 24.1 Å². The first kappa shape index (κ1) is 12.3. The van der Waals surface area contributed by atoms with Crippen molar-refractivity contribution in [2.45, 2.75) is 59.9 Å². The van der Waals surface area contributed by atoms with E-state index in [0.717, 1.165) is 12.5 Å². The molecule has 0 spiro atoms. The highest BCUT2D eigenvalue weighted by atomic mass is 15.3. The number of aromatic nitrogens is 2. The number of hydrogen-bond acceptors (Lipinski definition) is 1. The summed E-state index contributed by atoms with van der Waals surface area (Å²) in [6, 6.07) is 0. The van der Waals surface area contributed by atoms with E-state index in [9.17, 15) is 0 Å². The Hall–Kier alpha value is -0.790. The Bertz CT molecular complexity index is 297. The van der Waals surface area contributed by atoms with Crippen LogP contribution >= 0.6 is 0 Å². The lowest BCUT2D eigenvalue weighted by Gasteiger charge is -2.12. The van der Waals surface area contributed by atoms with E-state index in [-0.39, 0.29) is 0 Å². The van der Waals surface area contributed by atoms with Gasteiger partial charge in [0.15, 0.2) is 0 Å². The fourth-order valence-electron chi connectivity index (χ4n) is 1.99. The van der Waals surface area contributed by atoms with Gasteiger partial charge in [0.2, 0.25) is 0 Å². The molecule has 0 aliphatic rings. The van der Waals surface area contributed by atoms with Crippen LogP contribution in [0.2, 0.25) is 0 Å². The van der Waals surface area contributed by atoms with Gasteiger partial charge in [0.25, 0.3) is 0 Å². The molecule has 15 heavy (non-hydrogen) atoms. The molecule has 0 aliphatic heterocycles. The molecule has 0 unspecified atom stereocenters. The van der Waals surface area contributed by atoms with Crippen molar-refractivity contribution >= 4 is 0 Å². The van der Waals surface area contributed by atoms with Crippen molar-refractivity contribution in [1.29, 1.82) is 0 Å². The van der Waals surface area contributed by atoms with E-state index in [2.05, 4.69) is 50.6 Å². The summed E-state index contributed by atoms with van der Waals surface area (Å²) < 4.78 is 2.13. The van der Waals surface area contributed by atoms with Crippen LogP contribution in [0.1, 0.15) is 57.7 Å². The van der Waals surface area contributed by atoms with E-state index >= 15 is 0 Å². The largest absolute Gasteiger partial charge is 0.268 e. The lowest BCUT2D eigenvalue weighted by atomic mass is 10.1. The summed E-state index contributed by atoms with van der Waals surface area (Å²) in [6.45, 7) is 12.1. The van der Waals surface area contributed by atoms with Crippen molar-refractivity contribution in [3.8, 4) is 0 Å². The van der Waals surface area contributed by atoms with Crippen molar-refractivity contribution < 1.29 is 0 Å². The van der Waals surface area contributed by atoms with Crippen molar-refractivity contribution in [3.05, 3.63) is 17.5 Å². The van der Waals surface area contributed by atoms with Crippen LogP contribution < -0.4 is 0 Å². The van der Waals surface area contributed by atoms with Gasteiger partial charge in [0, 0.05) is 17.8 Å². The van der Waals surface area contributed by atoms with Gasteiger partial charge in [-0.3, -0.25) is 4.68 Å². The number of aryl methyl sites for hydroxylation is 2. The Morgan fingerprint density at radius 2 is 1.93 bits per heavy atom. The van der Waals surface area contributed by atoms with Crippen LogP contribution in [-0.2, 0) is 6.54 Å². The molecule has 0 atom stereocenters. The molecule has 1 rings (SSSR count). The second kappa shape index (κ2) is 5.34. The van der Waals surface area contributed by atoms with Crippen LogP contribution in [-0.4, -0.2) is 9.78 Å². The molecule has 1 aromatic rings. The van der Waals surface area contributed by atoms with Gasteiger partial charge >= 0.3 is 0 Å². The average Bonchev–Trinajstić information content (AvgIpc) is 2.46. The van der Waals surface area contributed by atoms with Crippen molar-refractivity contribution in [3.63, 3.8) is 0 Å². The number of rotatable bonds is 5. The molecule has 1 aromatic heterocycles. The highest BCUT2D eigenvalue weighted by molar-refractivity contribution is 5.17. The lowest BCUT2D eigenvalue weighted by molar-refractivity contribution is 0.474. The minimum atomic E-state index is 0.544. The third kappa shape index (κ3) is 3.37. The fraction of sp³-hybridized carbons (Fsp3) is 0.769. The van der Waals surface area contributed by atoms with E-state index in [0.29, 0.717) is 5.92 Å². The number of nitrogens with zero attached hydrogens (tertiary/aromatic N) is 2. The quantitative estimate of drug-likeness (QED) is 0.722. The Morgan fingerprint density at radius 3 is 2.47 bits per heavy atom. The second-order valence-electron chi connectivity index (χ2n) is 5.04. The molecule has 1 heterocycles. The Morgan fingerprint density at radius 1 is 1.27 bits per heavy atom. The summed E-state index contributed by atoms with van der Waals surface area (Å²) in [5.74, 6) is 1.33. The van der Waals surface area contributed by atoms with Gasteiger partial charge in [-0.15, -0.1) is 0 Å². The van der Waals surface area contributed by atoms with Gasteiger partial charge in [-0.1, -0.05) is 27.7 Å². The van der Waals surface area contributed by atoms with E-state index in [4.69, 9.17) is 0 Å². The lowest BCUT2D eigenvalue weighted by Crippen LogP contribution is -2.08. The minimum Gasteiger partial charge on any atom is -0.268 e. The van der Waals surface area contributed by atoms with E-state index in [1.54, 1.807) is 0 Å². The van der Waals surface area contributed by atoms with Gasteiger partial charge in [0.05, 0.1) is 0 Å². The first-order valence-corrected chi connectivity index (χ1v) is 5.97.